The highest BCUT2D eigenvalue weighted by molar-refractivity contribution is 7.86. The quantitative estimate of drug-likeness (QED) is 0.847. The van der Waals surface area contributed by atoms with Crippen molar-refractivity contribution in [3.8, 4) is 5.75 Å². The molecule has 0 saturated heterocycles. The maximum atomic E-state index is 11.5. The second-order valence-electron chi connectivity index (χ2n) is 7.80. The van der Waals surface area contributed by atoms with Crippen molar-refractivity contribution in [2.45, 2.75) is 49.8 Å². The molecule has 0 aliphatic heterocycles. The zero-order valence-corrected chi connectivity index (χ0v) is 14.1. The minimum absolute atomic E-state index is 0.121. The smallest absolute Gasteiger partial charge is 0.298 e. The molecule has 1 aromatic carbocycles. The van der Waals surface area contributed by atoms with Crippen molar-refractivity contribution in [2.75, 3.05) is 6.61 Å². The van der Waals surface area contributed by atoms with Gasteiger partial charge >= 0.3 is 0 Å². The van der Waals surface area contributed by atoms with E-state index in [2.05, 4.69) is 0 Å². The lowest BCUT2D eigenvalue weighted by molar-refractivity contribution is -0.0822. The summed E-state index contributed by atoms with van der Waals surface area (Å²) in [5.74, 6) is 2.65. The molecule has 0 spiro atoms. The molecular weight excluding hydrogens is 312 g/mol. The normalized spacial score (nSPS) is 36.0. The van der Waals surface area contributed by atoms with Crippen LogP contribution < -0.4 is 4.74 Å². The molecule has 0 aromatic heterocycles. The topological polar surface area (TPSA) is 63.6 Å². The first kappa shape index (κ1) is 15.5. The van der Waals surface area contributed by atoms with Gasteiger partial charge in [-0.1, -0.05) is 25.0 Å². The maximum Gasteiger partial charge on any atom is 0.298 e. The number of rotatable bonds is 4. The number of hydrogen-bond donors (Lipinski definition) is 1. The van der Waals surface area contributed by atoms with Gasteiger partial charge in [-0.05, 0) is 62.0 Å². The van der Waals surface area contributed by atoms with Gasteiger partial charge in [0.25, 0.3) is 10.1 Å². The Kier molecular flexibility index (Phi) is 3.69. The summed E-state index contributed by atoms with van der Waals surface area (Å²) in [6.07, 6.45) is 9.11. The van der Waals surface area contributed by atoms with Gasteiger partial charge in [0.1, 0.15) is 10.6 Å². The van der Waals surface area contributed by atoms with Crippen molar-refractivity contribution in [3.63, 3.8) is 0 Å². The van der Waals surface area contributed by atoms with Gasteiger partial charge in [-0.2, -0.15) is 8.42 Å². The van der Waals surface area contributed by atoms with Crippen LogP contribution in [0, 0.1) is 23.2 Å². The molecule has 2 unspecified atom stereocenters. The molecule has 1 N–H and O–H groups in total. The fourth-order valence-electron chi connectivity index (χ4n) is 5.51. The van der Waals surface area contributed by atoms with E-state index >= 15 is 0 Å². The largest absolute Gasteiger partial charge is 0.492 e. The van der Waals surface area contributed by atoms with Crippen LogP contribution in [0.3, 0.4) is 0 Å². The Morgan fingerprint density at radius 1 is 1.09 bits per heavy atom. The van der Waals surface area contributed by atoms with E-state index < -0.39 is 10.1 Å². The van der Waals surface area contributed by atoms with Crippen LogP contribution >= 0.6 is 0 Å². The molecule has 4 nitrogen and oxygen atoms in total. The van der Waals surface area contributed by atoms with Crippen LogP contribution in [0.15, 0.2) is 29.2 Å². The van der Waals surface area contributed by atoms with Gasteiger partial charge < -0.3 is 4.74 Å². The average molecular weight is 336 g/mol. The van der Waals surface area contributed by atoms with Gasteiger partial charge in [0.2, 0.25) is 0 Å². The number of fused-ring (bicyclic) bond motifs is 2. The van der Waals surface area contributed by atoms with Crippen molar-refractivity contribution < 1.29 is 17.7 Å². The molecule has 0 amide bonds. The number of benzene rings is 1. The average Bonchev–Trinajstić information content (AvgIpc) is 2.50. The molecule has 3 aliphatic rings. The maximum absolute atomic E-state index is 11.5. The number of para-hydroxylation sites is 1. The molecule has 3 fully saturated rings. The fourth-order valence-corrected chi connectivity index (χ4v) is 6.15. The van der Waals surface area contributed by atoms with E-state index in [0.29, 0.717) is 12.5 Å². The zero-order valence-electron chi connectivity index (χ0n) is 13.3. The van der Waals surface area contributed by atoms with Crippen LogP contribution in [0.5, 0.6) is 5.75 Å². The Bertz CT molecular complexity index is 681. The third-order valence-corrected chi connectivity index (χ3v) is 7.31. The highest BCUT2D eigenvalue weighted by Crippen LogP contribution is 2.59. The van der Waals surface area contributed by atoms with Gasteiger partial charge in [0, 0.05) is 5.41 Å². The van der Waals surface area contributed by atoms with Crippen molar-refractivity contribution in [1.82, 2.24) is 0 Å². The van der Waals surface area contributed by atoms with E-state index in [4.69, 9.17) is 4.74 Å². The number of ether oxygens (including phenoxy) is 1. The SMILES string of the molecule is O=S(=O)(O)c1ccccc1OCC12CC3CCC1CCC(C3)C2. The van der Waals surface area contributed by atoms with E-state index in [1.54, 1.807) is 18.2 Å². The monoisotopic (exact) mass is 336 g/mol. The van der Waals surface area contributed by atoms with Crippen LogP contribution in [0.4, 0.5) is 0 Å². The Balaban J connectivity index is 1.58. The molecule has 0 radical (unpaired) electrons. The summed E-state index contributed by atoms with van der Waals surface area (Å²) in [5, 5.41) is 0. The molecule has 3 saturated carbocycles. The van der Waals surface area contributed by atoms with Crippen molar-refractivity contribution in [1.29, 1.82) is 0 Å². The lowest BCUT2D eigenvalue weighted by Crippen LogP contribution is -2.50. The summed E-state index contributed by atoms with van der Waals surface area (Å²) in [5.41, 5.74) is 0.219. The Morgan fingerprint density at radius 2 is 1.74 bits per heavy atom. The van der Waals surface area contributed by atoms with Gasteiger partial charge in [-0.3, -0.25) is 4.55 Å². The first-order valence-corrected chi connectivity index (χ1v) is 10.1. The predicted molar refractivity (Wildman–Crippen MR) is 87.0 cm³/mol. The fraction of sp³-hybridized carbons (Fsp3) is 0.667. The molecule has 5 heteroatoms. The summed E-state index contributed by atoms with van der Waals surface area (Å²) >= 11 is 0. The lowest BCUT2D eigenvalue weighted by atomic mass is 9.50. The summed E-state index contributed by atoms with van der Waals surface area (Å²) in [6, 6.07) is 6.39. The van der Waals surface area contributed by atoms with Gasteiger partial charge in [0.05, 0.1) is 6.61 Å². The third kappa shape index (κ3) is 2.78. The van der Waals surface area contributed by atoms with E-state index in [9.17, 15) is 13.0 Å². The summed E-state index contributed by atoms with van der Waals surface area (Å²) < 4.78 is 38.4. The number of hydrogen-bond acceptors (Lipinski definition) is 3. The molecule has 126 valence electrons. The molecule has 3 bridgehead atoms. The molecule has 2 atom stereocenters. The van der Waals surface area contributed by atoms with E-state index in [1.807, 2.05) is 0 Å². The Hall–Kier alpha value is -1.07. The van der Waals surface area contributed by atoms with Crippen LogP contribution in [-0.4, -0.2) is 19.6 Å². The van der Waals surface area contributed by atoms with Crippen LogP contribution in [0.25, 0.3) is 0 Å². The van der Waals surface area contributed by atoms with Gasteiger partial charge in [0.15, 0.2) is 0 Å². The highest BCUT2D eigenvalue weighted by atomic mass is 32.2. The second kappa shape index (κ2) is 5.49. The summed E-state index contributed by atoms with van der Waals surface area (Å²) in [4.78, 5) is -0.121. The molecular formula is C18H24O4S. The minimum Gasteiger partial charge on any atom is -0.492 e. The molecule has 4 rings (SSSR count). The molecule has 0 heterocycles. The van der Waals surface area contributed by atoms with E-state index in [0.717, 1.165) is 11.8 Å². The van der Waals surface area contributed by atoms with Crippen molar-refractivity contribution >= 4 is 10.1 Å². The highest BCUT2D eigenvalue weighted by Gasteiger charge is 2.51. The minimum atomic E-state index is -4.25. The summed E-state index contributed by atoms with van der Waals surface area (Å²) in [7, 11) is -4.25. The van der Waals surface area contributed by atoms with Crippen LogP contribution in [0.1, 0.15) is 44.9 Å². The van der Waals surface area contributed by atoms with E-state index in [-0.39, 0.29) is 16.1 Å². The predicted octanol–water partition coefficient (Wildman–Crippen LogP) is 3.92. The van der Waals surface area contributed by atoms with Gasteiger partial charge in [-0.15, -0.1) is 0 Å². The molecule has 3 aliphatic carbocycles. The Morgan fingerprint density at radius 3 is 2.39 bits per heavy atom. The van der Waals surface area contributed by atoms with Crippen molar-refractivity contribution in [2.24, 2.45) is 23.2 Å². The molecule has 1 aromatic rings. The van der Waals surface area contributed by atoms with Gasteiger partial charge in [-0.25, -0.2) is 0 Å². The molecule has 23 heavy (non-hydrogen) atoms. The standard InChI is InChI=1S/C18H24O4S/c19-23(20,21)17-4-2-1-3-16(17)22-12-18-10-13-5-7-15(18)8-6-14(9-13)11-18/h1-4,13-15H,5-12H2,(H,19,20,21). The lowest BCUT2D eigenvalue weighted by Gasteiger charge is -2.56. The first-order valence-electron chi connectivity index (χ1n) is 8.66. The Labute approximate surface area is 138 Å². The summed E-state index contributed by atoms with van der Waals surface area (Å²) in [6.45, 7) is 0.581. The first-order chi connectivity index (χ1) is 11.0. The van der Waals surface area contributed by atoms with Crippen LogP contribution in [-0.2, 0) is 10.1 Å². The van der Waals surface area contributed by atoms with Crippen LogP contribution in [0.2, 0.25) is 0 Å². The zero-order chi connectivity index (χ0) is 16.1. The van der Waals surface area contributed by atoms with E-state index in [1.165, 1.54) is 51.0 Å². The van der Waals surface area contributed by atoms with Crippen molar-refractivity contribution in [3.05, 3.63) is 24.3 Å². The second-order valence-corrected chi connectivity index (χ2v) is 9.19. The third-order valence-electron chi connectivity index (χ3n) is 6.41.